The molecule has 0 aliphatic rings. The molecule has 0 amide bonds. The predicted octanol–water partition coefficient (Wildman–Crippen LogP) is 4.39. The van der Waals surface area contributed by atoms with Crippen molar-refractivity contribution >= 4 is 27.7 Å². The lowest BCUT2D eigenvalue weighted by atomic mass is 10.1. The SMILES string of the molecule is CCC(C)Sc1ccc(Br)cc1C(C)O. The Bertz CT molecular complexity index is 325. The number of thioether (sulfide) groups is 1. The standard InChI is InChI=1S/C12H17BrOS/c1-4-8(2)15-12-6-5-10(13)7-11(12)9(3)14/h5-9,14H,4H2,1-3H3. The largest absolute Gasteiger partial charge is 0.389 e. The lowest BCUT2D eigenvalue weighted by molar-refractivity contribution is 0.196. The summed E-state index contributed by atoms with van der Waals surface area (Å²) in [7, 11) is 0. The summed E-state index contributed by atoms with van der Waals surface area (Å²) in [5.74, 6) is 0. The lowest BCUT2D eigenvalue weighted by Crippen LogP contribution is -1.98. The van der Waals surface area contributed by atoms with Crippen LogP contribution >= 0.6 is 27.7 Å². The maximum absolute atomic E-state index is 9.68. The minimum Gasteiger partial charge on any atom is -0.389 e. The first-order chi connectivity index (χ1) is 7.04. The maximum atomic E-state index is 9.68. The number of aliphatic hydroxyl groups excluding tert-OH is 1. The van der Waals surface area contributed by atoms with E-state index in [0.29, 0.717) is 5.25 Å². The first-order valence-corrected chi connectivity index (χ1v) is 6.86. The molecule has 0 aliphatic heterocycles. The van der Waals surface area contributed by atoms with E-state index < -0.39 is 6.10 Å². The van der Waals surface area contributed by atoms with Crippen molar-refractivity contribution in [3.05, 3.63) is 28.2 Å². The van der Waals surface area contributed by atoms with Crippen LogP contribution < -0.4 is 0 Å². The van der Waals surface area contributed by atoms with E-state index in [0.717, 1.165) is 16.5 Å². The van der Waals surface area contributed by atoms with E-state index in [9.17, 15) is 5.11 Å². The van der Waals surface area contributed by atoms with Crippen LogP contribution in [0.4, 0.5) is 0 Å². The Morgan fingerprint density at radius 3 is 2.60 bits per heavy atom. The number of rotatable bonds is 4. The second kappa shape index (κ2) is 5.92. The van der Waals surface area contributed by atoms with Gasteiger partial charge in [-0.15, -0.1) is 11.8 Å². The van der Waals surface area contributed by atoms with Gasteiger partial charge in [-0.3, -0.25) is 0 Å². The quantitative estimate of drug-likeness (QED) is 0.829. The fraction of sp³-hybridized carbons (Fsp3) is 0.500. The molecule has 1 rings (SSSR count). The Hall–Kier alpha value is 0.01000. The third-order valence-electron chi connectivity index (χ3n) is 2.32. The Balaban J connectivity index is 2.95. The van der Waals surface area contributed by atoms with Crippen molar-refractivity contribution in [1.82, 2.24) is 0 Å². The zero-order chi connectivity index (χ0) is 11.4. The number of aliphatic hydroxyl groups is 1. The summed E-state index contributed by atoms with van der Waals surface area (Å²) in [5, 5.41) is 10.3. The molecule has 0 aromatic heterocycles. The van der Waals surface area contributed by atoms with Gasteiger partial charge >= 0.3 is 0 Å². The summed E-state index contributed by atoms with van der Waals surface area (Å²) in [4.78, 5) is 1.18. The molecule has 1 aromatic carbocycles. The molecule has 1 nitrogen and oxygen atoms in total. The van der Waals surface area contributed by atoms with Gasteiger partial charge in [-0.1, -0.05) is 29.8 Å². The molecule has 0 radical (unpaired) electrons. The third kappa shape index (κ3) is 3.82. The zero-order valence-corrected chi connectivity index (χ0v) is 11.7. The molecule has 0 bridgehead atoms. The van der Waals surface area contributed by atoms with Gasteiger partial charge in [0, 0.05) is 14.6 Å². The van der Waals surface area contributed by atoms with E-state index in [-0.39, 0.29) is 0 Å². The molecule has 0 fully saturated rings. The van der Waals surface area contributed by atoms with Crippen LogP contribution in [-0.4, -0.2) is 10.4 Å². The van der Waals surface area contributed by atoms with Crippen LogP contribution in [0.1, 0.15) is 38.9 Å². The highest BCUT2D eigenvalue weighted by molar-refractivity contribution is 9.10. The average Bonchev–Trinajstić information content (AvgIpc) is 2.20. The Labute approximate surface area is 104 Å². The van der Waals surface area contributed by atoms with Crippen LogP contribution in [0.3, 0.4) is 0 Å². The van der Waals surface area contributed by atoms with Gasteiger partial charge in [0.05, 0.1) is 6.10 Å². The molecule has 2 atom stereocenters. The van der Waals surface area contributed by atoms with E-state index in [1.807, 2.05) is 30.8 Å². The van der Waals surface area contributed by atoms with Crippen LogP contribution in [0.25, 0.3) is 0 Å². The molecule has 15 heavy (non-hydrogen) atoms. The van der Waals surface area contributed by atoms with Crippen molar-refractivity contribution < 1.29 is 5.11 Å². The summed E-state index contributed by atoms with van der Waals surface area (Å²) in [5.41, 5.74) is 1.01. The number of hydrogen-bond acceptors (Lipinski definition) is 2. The summed E-state index contributed by atoms with van der Waals surface area (Å²) >= 11 is 5.25. The van der Waals surface area contributed by atoms with Gasteiger partial charge in [0.15, 0.2) is 0 Å². The van der Waals surface area contributed by atoms with Gasteiger partial charge in [0.1, 0.15) is 0 Å². The van der Waals surface area contributed by atoms with Crippen molar-refractivity contribution in [2.24, 2.45) is 0 Å². The van der Waals surface area contributed by atoms with E-state index >= 15 is 0 Å². The molecule has 84 valence electrons. The highest BCUT2D eigenvalue weighted by Gasteiger charge is 2.11. The summed E-state index contributed by atoms with van der Waals surface area (Å²) in [6, 6.07) is 6.09. The molecule has 1 N–H and O–H groups in total. The molecule has 0 heterocycles. The molecule has 0 saturated carbocycles. The topological polar surface area (TPSA) is 20.2 Å². The number of hydrogen-bond donors (Lipinski definition) is 1. The van der Waals surface area contributed by atoms with E-state index in [2.05, 4.69) is 35.8 Å². The fourth-order valence-electron chi connectivity index (χ4n) is 1.25. The molecule has 1 aromatic rings. The summed E-state index contributed by atoms with van der Waals surface area (Å²) < 4.78 is 1.02. The molecule has 3 heteroatoms. The average molecular weight is 289 g/mol. The van der Waals surface area contributed by atoms with Crippen molar-refractivity contribution in [2.75, 3.05) is 0 Å². The normalized spacial score (nSPS) is 15.0. The van der Waals surface area contributed by atoms with Crippen molar-refractivity contribution in [1.29, 1.82) is 0 Å². The Morgan fingerprint density at radius 1 is 1.40 bits per heavy atom. The van der Waals surface area contributed by atoms with E-state index in [1.165, 1.54) is 4.90 Å². The minimum atomic E-state index is -0.408. The van der Waals surface area contributed by atoms with E-state index in [4.69, 9.17) is 0 Å². The van der Waals surface area contributed by atoms with Crippen molar-refractivity contribution in [3.63, 3.8) is 0 Å². The van der Waals surface area contributed by atoms with Crippen LogP contribution in [0.5, 0.6) is 0 Å². The maximum Gasteiger partial charge on any atom is 0.0773 e. The highest BCUT2D eigenvalue weighted by Crippen LogP contribution is 2.33. The van der Waals surface area contributed by atoms with Crippen LogP contribution in [0.2, 0.25) is 0 Å². The van der Waals surface area contributed by atoms with Crippen LogP contribution in [0, 0.1) is 0 Å². The molecule has 0 aliphatic carbocycles. The molecular weight excluding hydrogens is 272 g/mol. The van der Waals surface area contributed by atoms with Crippen LogP contribution in [-0.2, 0) is 0 Å². The van der Waals surface area contributed by atoms with Gasteiger partial charge in [-0.25, -0.2) is 0 Å². The van der Waals surface area contributed by atoms with Gasteiger partial charge in [-0.05, 0) is 37.1 Å². The monoisotopic (exact) mass is 288 g/mol. The van der Waals surface area contributed by atoms with Gasteiger partial charge in [0.25, 0.3) is 0 Å². The minimum absolute atomic E-state index is 0.408. The summed E-state index contributed by atoms with van der Waals surface area (Å²) in [6.07, 6.45) is 0.731. The first-order valence-electron chi connectivity index (χ1n) is 5.18. The van der Waals surface area contributed by atoms with Gasteiger partial charge < -0.3 is 5.11 Å². The highest BCUT2D eigenvalue weighted by atomic mass is 79.9. The third-order valence-corrected chi connectivity index (χ3v) is 4.18. The smallest absolute Gasteiger partial charge is 0.0773 e. The predicted molar refractivity (Wildman–Crippen MR) is 70.4 cm³/mol. The Kier molecular flexibility index (Phi) is 5.16. The number of halogens is 1. The van der Waals surface area contributed by atoms with Crippen LogP contribution in [0.15, 0.2) is 27.6 Å². The molecular formula is C12H17BrOS. The zero-order valence-electron chi connectivity index (χ0n) is 9.33. The fourth-order valence-corrected chi connectivity index (χ4v) is 2.74. The molecule has 0 saturated heterocycles. The lowest BCUT2D eigenvalue weighted by Gasteiger charge is -2.15. The number of benzene rings is 1. The molecule has 0 spiro atoms. The second-order valence-corrected chi connectivity index (χ2v) is 6.09. The molecule has 2 unspecified atom stereocenters. The summed E-state index contributed by atoms with van der Waals surface area (Å²) in [6.45, 7) is 6.19. The van der Waals surface area contributed by atoms with Crippen molar-refractivity contribution in [3.8, 4) is 0 Å². The van der Waals surface area contributed by atoms with Gasteiger partial charge in [0.2, 0.25) is 0 Å². The first kappa shape index (κ1) is 13.1. The second-order valence-electron chi connectivity index (χ2n) is 3.69. The van der Waals surface area contributed by atoms with Gasteiger partial charge in [-0.2, -0.15) is 0 Å². The van der Waals surface area contributed by atoms with Crippen molar-refractivity contribution in [2.45, 2.75) is 43.4 Å². The Morgan fingerprint density at radius 2 is 2.07 bits per heavy atom. The van der Waals surface area contributed by atoms with E-state index in [1.54, 1.807) is 0 Å².